The Morgan fingerprint density at radius 1 is 1.19 bits per heavy atom. The molecule has 0 aliphatic heterocycles. The van der Waals surface area contributed by atoms with Gasteiger partial charge < -0.3 is 10.1 Å². The molecule has 1 amide bonds. The summed E-state index contributed by atoms with van der Waals surface area (Å²) in [6.07, 6.45) is 0.220. The van der Waals surface area contributed by atoms with Gasteiger partial charge in [-0.1, -0.05) is 55.2 Å². The molecule has 4 nitrogen and oxygen atoms in total. The molecule has 2 unspecified atom stereocenters. The van der Waals surface area contributed by atoms with E-state index in [-0.39, 0.29) is 11.0 Å². The number of para-hydroxylation sites is 1. The molecular weight excluding hydrogens is 403 g/mol. The van der Waals surface area contributed by atoms with Gasteiger partial charge in [-0.3, -0.25) is 10.1 Å². The summed E-state index contributed by atoms with van der Waals surface area (Å²) in [5.74, 6) is 0.380. The van der Waals surface area contributed by atoms with Crippen LogP contribution in [0.4, 0.5) is 5.69 Å². The second-order valence-corrected chi connectivity index (χ2v) is 7.43. The van der Waals surface area contributed by atoms with Crippen molar-refractivity contribution in [2.24, 2.45) is 0 Å². The molecule has 0 bridgehead atoms. The molecule has 0 saturated heterocycles. The summed E-state index contributed by atoms with van der Waals surface area (Å²) in [6.45, 7) is 5.90. The zero-order chi connectivity index (χ0) is 20.0. The minimum absolute atomic E-state index is 0.216. The Labute approximate surface area is 175 Å². The normalized spacial score (nSPS) is 12.8. The highest BCUT2D eigenvalue weighted by atomic mass is 35.5. The summed E-state index contributed by atoms with van der Waals surface area (Å²) in [6, 6.07) is 12.7. The van der Waals surface area contributed by atoms with Gasteiger partial charge in [-0.2, -0.15) is 0 Å². The molecule has 144 valence electrons. The van der Waals surface area contributed by atoms with Crippen molar-refractivity contribution in [1.82, 2.24) is 5.32 Å². The van der Waals surface area contributed by atoms with Crippen LogP contribution in [-0.4, -0.2) is 17.1 Å². The van der Waals surface area contributed by atoms with Crippen molar-refractivity contribution in [2.75, 3.05) is 5.32 Å². The lowest BCUT2D eigenvalue weighted by atomic mass is 9.97. The molecule has 2 atom stereocenters. The Hall–Kier alpha value is -1.82. The van der Waals surface area contributed by atoms with Crippen molar-refractivity contribution in [3.63, 3.8) is 0 Å². The van der Waals surface area contributed by atoms with Crippen molar-refractivity contribution < 1.29 is 9.53 Å². The number of hydrogen-bond acceptors (Lipinski definition) is 3. The third-order valence-electron chi connectivity index (χ3n) is 4.16. The summed E-state index contributed by atoms with van der Waals surface area (Å²) < 4.78 is 5.60. The van der Waals surface area contributed by atoms with E-state index in [4.69, 9.17) is 40.2 Å². The Morgan fingerprint density at radius 2 is 1.89 bits per heavy atom. The number of amides is 1. The highest BCUT2D eigenvalue weighted by Gasteiger charge is 2.18. The SMILES string of the molecule is CCC(C)c1ccccc1NC(=S)NC(=O)C(C)Oc1ccc(Cl)cc1Cl. The lowest BCUT2D eigenvalue weighted by Crippen LogP contribution is -2.42. The van der Waals surface area contributed by atoms with Gasteiger partial charge in [0.2, 0.25) is 0 Å². The van der Waals surface area contributed by atoms with Crippen molar-refractivity contribution in [2.45, 2.75) is 39.2 Å². The van der Waals surface area contributed by atoms with Crippen LogP contribution >= 0.6 is 35.4 Å². The molecule has 2 aromatic carbocycles. The largest absolute Gasteiger partial charge is 0.479 e. The van der Waals surface area contributed by atoms with Crippen molar-refractivity contribution in [1.29, 1.82) is 0 Å². The zero-order valence-corrected chi connectivity index (χ0v) is 17.7. The molecule has 0 spiro atoms. The van der Waals surface area contributed by atoms with E-state index in [0.29, 0.717) is 21.7 Å². The number of carbonyl (C=O) groups excluding carboxylic acids is 1. The van der Waals surface area contributed by atoms with E-state index in [1.165, 1.54) is 0 Å². The number of hydrogen-bond donors (Lipinski definition) is 2. The van der Waals surface area contributed by atoms with Gasteiger partial charge in [0.1, 0.15) is 5.75 Å². The molecule has 0 aromatic heterocycles. The highest BCUT2D eigenvalue weighted by Crippen LogP contribution is 2.28. The quantitative estimate of drug-likeness (QED) is 0.576. The summed E-state index contributed by atoms with van der Waals surface area (Å²) in [7, 11) is 0. The van der Waals surface area contributed by atoms with Crippen LogP contribution in [0.5, 0.6) is 5.75 Å². The molecule has 0 radical (unpaired) electrons. The molecule has 2 N–H and O–H groups in total. The van der Waals surface area contributed by atoms with Crippen LogP contribution in [0.15, 0.2) is 42.5 Å². The molecule has 0 fully saturated rings. The maximum Gasteiger partial charge on any atom is 0.266 e. The molecule has 0 heterocycles. The van der Waals surface area contributed by atoms with Crippen LogP contribution in [0.25, 0.3) is 0 Å². The molecule has 7 heteroatoms. The van der Waals surface area contributed by atoms with Gasteiger partial charge in [-0.15, -0.1) is 0 Å². The zero-order valence-electron chi connectivity index (χ0n) is 15.4. The van der Waals surface area contributed by atoms with Crippen LogP contribution in [0.1, 0.15) is 38.7 Å². The number of nitrogens with one attached hydrogen (secondary N) is 2. The molecule has 27 heavy (non-hydrogen) atoms. The van der Waals surface area contributed by atoms with E-state index in [2.05, 4.69) is 30.5 Å². The number of anilines is 1. The maximum absolute atomic E-state index is 12.4. The first-order valence-corrected chi connectivity index (χ1v) is 9.80. The Morgan fingerprint density at radius 3 is 2.56 bits per heavy atom. The predicted molar refractivity (Wildman–Crippen MR) is 116 cm³/mol. The summed E-state index contributed by atoms with van der Waals surface area (Å²) in [5, 5.41) is 6.79. The summed E-state index contributed by atoms with van der Waals surface area (Å²) in [5.41, 5.74) is 2.03. The second-order valence-electron chi connectivity index (χ2n) is 6.17. The van der Waals surface area contributed by atoms with E-state index in [9.17, 15) is 4.79 Å². The van der Waals surface area contributed by atoms with E-state index >= 15 is 0 Å². The first kappa shape index (κ1) is 21.5. The minimum Gasteiger partial charge on any atom is -0.479 e. The maximum atomic E-state index is 12.4. The first-order chi connectivity index (χ1) is 12.8. The molecule has 0 aliphatic carbocycles. The number of carbonyl (C=O) groups is 1. The summed E-state index contributed by atoms with van der Waals surface area (Å²) >= 11 is 17.2. The highest BCUT2D eigenvalue weighted by molar-refractivity contribution is 7.80. The van der Waals surface area contributed by atoms with Crippen LogP contribution in [0.2, 0.25) is 10.0 Å². The molecule has 0 saturated carbocycles. The lowest BCUT2D eigenvalue weighted by Gasteiger charge is -2.19. The van der Waals surface area contributed by atoms with Gasteiger partial charge in [0.15, 0.2) is 11.2 Å². The predicted octanol–water partition coefficient (Wildman–Crippen LogP) is 5.79. The lowest BCUT2D eigenvalue weighted by molar-refractivity contribution is -0.125. The summed E-state index contributed by atoms with van der Waals surface area (Å²) in [4.78, 5) is 12.4. The van der Waals surface area contributed by atoms with Gasteiger partial charge in [0.05, 0.1) is 5.02 Å². The van der Waals surface area contributed by atoms with E-state index in [1.807, 2.05) is 18.2 Å². The van der Waals surface area contributed by atoms with Crippen molar-refractivity contribution in [3.05, 3.63) is 58.1 Å². The number of halogens is 2. The minimum atomic E-state index is -0.784. The fourth-order valence-corrected chi connectivity index (χ4v) is 3.11. The van der Waals surface area contributed by atoms with Gasteiger partial charge in [0, 0.05) is 10.7 Å². The first-order valence-electron chi connectivity index (χ1n) is 8.64. The van der Waals surface area contributed by atoms with Crippen LogP contribution in [0, 0.1) is 0 Å². The smallest absolute Gasteiger partial charge is 0.266 e. The molecule has 2 aromatic rings. The standard InChI is InChI=1S/C20H22Cl2N2O2S/c1-4-12(2)15-7-5-6-8-17(15)23-20(27)24-19(25)13(3)26-18-10-9-14(21)11-16(18)22/h5-13H,4H2,1-3H3,(H2,23,24,25,27). The Bertz CT molecular complexity index is 829. The van der Waals surface area contributed by atoms with E-state index in [1.54, 1.807) is 25.1 Å². The van der Waals surface area contributed by atoms with E-state index < -0.39 is 6.10 Å². The number of benzene rings is 2. The van der Waals surface area contributed by atoms with Gasteiger partial charge >= 0.3 is 0 Å². The number of rotatable bonds is 6. The van der Waals surface area contributed by atoms with Crippen molar-refractivity contribution in [3.8, 4) is 5.75 Å². The molecular formula is C20H22Cl2N2O2S. The van der Waals surface area contributed by atoms with Crippen molar-refractivity contribution >= 4 is 52.1 Å². The monoisotopic (exact) mass is 424 g/mol. The number of thiocarbonyl (C=S) groups is 1. The fraction of sp³-hybridized carbons (Fsp3) is 0.300. The van der Waals surface area contributed by atoms with Crippen LogP contribution < -0.4 is 15.4 Å². The third-order valence-corrected chi connectivity index (χ3v) is 4.89. The average molecular weight is 425 g/mol. The Balaban J connectivity index is 1.98. The van der Waals surface area contributed by atoms with E-state index in [0.717, 1.165) is 17.7 Å². The van der Waals surface area contributed by atoms with Crippen LogP contribution in [0.3, 0.4) is 0 Å². The van der Waals surface area contributed by atoms with Gasteiger partial charge in [0.25, 0.3) is 5.91 Å². The molecule has 2 rings (SSSR count). The fourth-order valence-electron chi connectivity index (χ4n) is 2.44. The third kappa shape index (κ3) is 6.09. The average Bonchev–Trinajstić information content (AvgIpc) is 2.63. The Kier molecular flexibility index (Phi) is 7.90. The number of ether oxygens (including phenoxy) is 1. The second kappa shape index (κ2) is 9.93. The topological polar surface area (TPSA) is 50.4 Å². The van der Waals surface area contributed by atoms with Crippen LogP contribution in [-0.2, 0) is 4.79 Å². The van der Waals surface area contributed by atoms with Gasteiger partial charge in [-0.05, 0) is 61.3 Å². The van der Waals surface area contributed by atoms with Gasteiger partial charge in [-0.25, -0.2) is 0 Å². The molecule has 0 aliphatic rings.